The number of allylic oxidation sites excluding steroid dienone is 1. The van der Waals surface area contributed by atoms with Crippen LogP contribution in [-0.2, 0) is 11.2 Å². The van der Waals surface area contributed by atoms with E-state index in [0.717, 1.165) is 38.0 Å². The Kier molecular flexibility index (Phi) is 6.60. The molecule has 30 heavy (non-hydrogen) atoms. The fourth-order valence-corrected chi connectivity index (χ4v) is 4.98. The quantitative estimate of drug-likeness (QED) is 0.831. The molecular formula is C25H31N3O2. The molecule has 5 nitrogen and oxygen atoms in total. The number of hydrogen-bond donors (Lipinski definition) is 1. The normalized spacial score (nSPS) is 24.7. The Morgan fingerprint density at radius 2 is 2.00 bits per heavy atom. The number of pyridine rings is 1. The van der Waals surface area contributed by atoms with E-state index in [-0.39, 0.29) is 30.5 Å². The average Bonchev–Trinajstić information content (AvgIpc) is 2.74. The van der Waals surface area contributed by atoms with Gasteiger partial charge < -0.3 is 10.0 Å². The number of aliphatic hydroxyl groups is 1. The number of hydrogen-bond acceptors (Lipinski definition) is 4. The molecule has 158 valence electrons. The lowest BCUT2D eigenvalue weighted by atomic mass is 9.74. The summed E-state index contributed by atoms with van der Waals surface area (Å²) in [6.45, 7) is 4.69. The van der Waals surface area contributed by atoms with Gasteiger partial charge in [-0.25, -0.2) is 0 Å². The Balaban J connectivity index is 1.52. The van der Waals surface area contributed by atoms with Gasteiger partial charge in [-0.3, -0.25) is 14.7 Å². The highest BCUT2D eigenvalue weighted by Gasteiger charge is 2.49. The monoisotopic (exact) mass is 405 g/mol. The van der Waals surface area contributed by atoms with E-state index in [9.17, 15) is 9.90 Å². The predicted molar refractivity (Wildman–Crippen MR) is 119 cm³/mol. The topological polar surface area (TPSA) is 56.7 Å². The van der Waals surface area contributed by atoms with E-state index >= 15 is 0 Å². The number of amides is 1. The molecule has 1 aromatic heterocycles. The second-order valence-electron chi connectivity index (χ2n) is 8.33. The summed E-state index contributed by atoms with van der Waals surface area (Å²) in [6.07, 6.45) is 10.1. The predicted octanol–water partition coefficient (Wildman–Crippen LogP) is 3.11. The molecule has 2 aliphatic heterocycles. The highest BCUT2D eigenvalue weighted by Crippen LogP contribution is 2.42. The first-order chi connectivity index (χ1) is 14.7. The third-order valence-corrected chi connectivity index (χ3v) is 6.48. The van der Waals surface area contributed by atoms with Crippen molar-refractivity contribution < 1.29 is 9.90 Å². The van der Waals surface area contributed by atoms with Crippen LogP contribution in [0.3, 0.4) is 0 Å². The standard InChI is InChI=1S/C25H31N3O2/c1-2-6-19-8-10-21(11-9-19)25-22-17-27(13-3-4-14-28(22)23(25)18-29)24(30)15-20-7-5-12-26-16-20/h2,5-12,16,22-23,25,29H,3-4,13-15,17-18H2,1H3/b6-2+/t22-,23-,25-/m0/s1. The van der Waals surface area contributed by atoms with Crippen LogP contribution in [0.5, 0.6) is 0 Å². The summed E-state index contributed by atoms with van der Waals surface area (Å²) in [7, 11) is 0. The molecule has 2 fully saturated rings. The number of carbonyl (C=O) groups excluding carboxylic acids is 1. The minimum Gasteiger partial charge on any atom is -0.395 e. The Morgan fingerprint density at radius 3 is 2.70 bits per heavy atom. The molecular weight excluding hydrogens is 374 g/mol. The van der Waals surface area contributed by atoms with Crippen molar-refractivity contribution in [1.82, 2.24) is 14.8 Å². The molecule has 3 atom stereocenters. The van der Waals surface area contributed by atoms with Crippen LogP contribution in [0.25, 0.3) is 6.08 Å². The molecule has 5 heteroatoms. The first-order valence-corrected chi connectivity index (χ1v) is 11.0. The summed E-state index contributed by atoms with van der Waals surface area (Å²) in [5.74, 6) is 0.418. The lowest BCUT2D eigenvalue weighted by Gasteiger charge is -2.57. The number of nitrogens with zero attached hydrogens (tertiary/aromatic N) is 3. The molecule has 2 aliphatic rings. The molecule has 1 amide bonds. The number of carbonyl (C=O) groups is 1. The van der Waals surface area contributed by atoms with E-state index in [1.165, 1.54) is 11.1 Å². The zero-order chi connectivity index (χ0) is 20.9. The van der Waals surface area contributed by atoms with Crippen LogP contribution in [0.2, 0.25) is 0 Å². The first-order valence-electron chi connectivity index (χ1n) is 11.0. The molecule has 0 radical (unpaired) electrons. The maximum absolute atomic E-state index is 13.0. The van der Waals surface area contributed by atoms with Crippen molar-refractivity contribution in [2.75, 3.05) is 26.2 Å². The Bertz CT molecular complexity index is 866. The molecule has 2 saturated heterocycles. The number of aliphatic hydroxyl groups excluding tert-OH is 1. The molecule has 0 bridgehead atoms. The SMILES string of the molecule is C/C=C/c1ccc([C@@H]2[C@H](CO)N3CCCCN(C(=O)Cc4cccnc4)C[C@@H]23)cc1. The van der Waals surface area contributed by atoms with E-state index in [1.807, 2.05) is 30.0 Å². The van der Waals surface area contributed by atoms with Crippen molar-refractivity contribution in [3.8, 4) is 0 Å². The van der Waals surface area contributed by atoms with Crippen LogP contribution in [-0.4, -0.2) is 64.1 Å². The lowest BCUT2D eigenvalue weighted by Crippen LogP contribution is -2.68. The lowest BCUT2D eigenvalue weighted by molar-refractivity contribution is -0.135. The molecule has 0 unspecified atom stereocenters. The number of fused-ring (bicyclic) bond motifs is 1. The average molecular weight is 406 g/mol. The van der Waals surface area contributed by atoms with Gasteiger partial charge in [-0.05, 0) is 49.1 Å². The van der Waals surface area contributed by atoms with Gasteiger partial charge in [0.25, 0.3) is 0 Å². The van der Waals surface area contributed by atoms with Crippen LogP contribution in [0.1, 0.15) is 42.4 Å². The van der Waals surface area contributed by atoms with Gasteiger partial charge in [-0.1, -0.05) is 42.5 Å². The summed E-state index contributed by atoms with van der Waals surface area (Å²) >= 11 is 0. The number of aromatic nitrogens is 1. The highest BCUT2D eigenvalue weighted by atomic mass is 16.3. The zero-order valence-electron chi connectivity index (χ0n) is 17.7. The maximum Gasteiger partial charge on any atom is 0.227 e. The second-order valence-corrected chi connectivity index (χ2v) is 8.33. The first kappa shape index (κ1) is 20.8. The molecule has 4 rings (SSSR count). The van der Waals surface area contributed by atoms with Gasteiger partial charge in [0.1, 0.15) is 0 Å². The van der Waals surface area contributed by atoms with Gasteiger partial charge in [-0.2, -0.15) is 0 Å². The van der Waals surface area contributed by atoms with Crippen molar-refractivity contribution in [1.29, 1.82) is 0 Å². The third kappa shape index (κ3) is 4.32. The fourth-order valence-electron chi connectivity index (χ4n) is 4.98. The highest BCUT2D eigenvalue weighted by molar-refractivity contribution is 5.78. The van der Waals surface area contributed by atoms with Gasteiger partial charge >= 0.3 is 0 Å². The molecule has 0 spiro atoms. The van der Waals surface area contributed by atoms with E-state index < -0.39 is 0 Å². The van der Waals surface area contributed by atoms with Crippen molar-refractivity contribution >= 4 is 12.0 Å². The minimum atomic E-state index is 0.135. The third-order valence-electron chi connectivity index (χ3n) is 6.48. The second kappa shape index (κ2) is 9.54. The van der Waals surface area contributed by atoms with Crippen molar-refractivity contribution in [3.05, 3.63) is 71.6 Å². The van der Waals surface area contributed by atoms with Crippen molar-refractivity contribution in [2.45, 2.75) is 44.2 Å². The van der Waals surface area contributed by atoms with Gasteiger partial charge in [-0.15, -0.1) is 0 Å². The van der Waals surface area contributed by atoms with Crippen LogP contribution in [0.4, 0.5) is 0 Å². The van der Waals surface area contributed by atoms with E-state index in [2.05, 4.69) is 40.2 Å². The van der Waals surface area contributed by atoms with E-state index in [4.69, 9.17) is 0 Å². The molecule has 1 N–H and O–H groups in total. The summed E-state index contributed by atoms with van der Waals surface area (Å²) < 4.78 is 0. The Labute approximate surface area is 179 Å². The summed E-state index contributed by atoms with van der Waals surface area (Å²) in [5.41, 5.74) is 3.40. The molecule has 0 saturated carbocycles. The van der Waals surface area contributed by atoms with Gasteiger partial charge in [0.05, 0.1) is 13.0 Å². The molecule has 2 aromatic rings. The Hall–Kier alpha value is -2.50. The zero-order valence-corrected chi connectivity index (χ0v) is 17.7. The molecule has 0 aliphatic carbocycles. The van der Waals surface area contributed by atoms with Crippen molar-refractivity contribution in [2.24, 2.45) is 0 Å². The van der Waals surface area contributed by atoms with Gasteiger partial charge in [0.2, 0.25) is 5.91 Å². The van der Waals surface area contributed by atoms with Crippen LogP contribution < -0.4 is 0 Å². The van der Waals surface area contributed by atoms with Gasteiger partial charge in [0.15, 0.2) is 0 Å². The molecule has 1 aromatic carbocycles. The van der Waals surface area contributed by atoms with E-state index in [0.29, 0.717) is 6.42 Å². The largest absolute Gasteiger partial charge is 0.395 e. The van der Waals surface area contributed by atoms with E-state index in [1.54, 1.807) is 12.4 Å². The Morgan fingerprint density at radius 1 is 1.20 bits per heavy atom. The summed E-state index contributed by atoms with van der Waals surface area (Å²) in [5, 5.41) is 10.1. The summed E-state index contributed by atoms with van der Waals surface area (Å²) in [6, 6.07) is 12.9. The number of benzene rings is 1. The smallest absolute Gasteiger partial charge is 0.227 e. The fraction of sp³-hybridized carbons (Fsp3) is 0.440. The minimum absolute atomic E-state index is 0.135. The van der Waals surface area contributed by atoms with Crippen LogP contribution >= 0.6 is 0 Å². The van der Waals surface area contributed by atoms with Crippen LogP contribution in [0, 0.1) is 0 Å². The number of rotatable bonds is 5. The molecule has 3 heterocycles. The van der Waals surface area contributed by atoms with Crippen molar-refractivity contribution in [3.63, 3.8) is 0 Å². The summed E-state index contributed by atoms with van der Waals surface area (Å²) in [4.78, 5) is 21.6. The van der Waals surface area contributed by atoms with Crippen LogP contribution in [0.15, 0.2) is 54.9 Å². The maximum atomic E-state index is 13.0. The van der Waals surface area contributed by atoms with Gasteiger partial charge in [0, 0.05) is 43.5 Å².